The molecule has 0 aliphatic carbocycles. The fourth-order valence-corrected chi connectivity index (χ4v) is 2.74. The van der Waals surface area contributed by atoms with Crippen molar-refractivity contribution in [1.82, 2.24) is 0 Å². The topological polar surface area (TPSA) is 37.3 Å². The number of rotatable bonds is 4. The summed E-state index contributed by atoms with van der Waals surface area (Å²) in [5.74, 6) is -5.77. The minimum atomic E-state index is -3.70. The summed E-state index contributed by atoms with van der Waals surface area (Å²) in [6, 6.07) is 17.2. The smallest absolute Gasteiger partial charge is 0.374 e. The molecule has 0 saturated heterocycles. The van der Waals surface area contributed by atoms with Gasteiger partial charge in [-0.2, -0.15) is 8.78 Å². The van der Waals surface area contributed by atoms with Crippen LogP contribution in [-0.4, -0.2) is 17.0 Å². The molecule has 4 heteroatoms. The Hall–Kier alpha value is -2.49. The molecular formula is C18H14F2O2. The molecule has 0 bridgehead atoms. The lowest BCUT2D eigenvalue weighted by molar-refractivity contribution is -0.165. The number of aryl methyl sites for hydroxylation is 1. The number of halogens is 2. The van der Waals surface area contributed by atoms with Gasteiger partial charge < -0.3 is 5.11 Å². The van der Waals surface area contributed by atoms with Gasteiger partial charge in [-0.3, -0.25) is 0 Å². The molecule has 0 spiro atoms. The number of benzene rings is 3. The van der Waals surface area contributed by atoms with Gasteiger partial charge in [-0.25, -0.2) is 4.79 Å². The van der Waals surface area contributed by atoms with Crippen LogP contribution in [0.5, 0.6) is 0 Å². The van der Waals surface area contributed by atoms with Crippen molar-refractivity contribution < 1.29 is 18.7 Å². The molecule has 0 atom stereocenters. The molecule has 2 nitrogen and oxygen atoms in total. The Morgan fingerprint density at radius 3 is 2.23 bits per heavy atom. The van der Waals surface area contributed by atoms with E-state index in [9.17, 15) is 13.6 Å². The van der Waals surface area contributed by atoms with Crippen molar-refractivity contribution in [2.75, 3.05) is 0 Å². The molecule has 0 fully saturated rings. The Labute approximate surface area is 126 Å². The zero-order chi connectivity index (χ0) is 15.7. The van der Waals surface area contributed by atoms with Crippen molar-refractivity contribution in [1.29, 1.82) is 0 Å². The number of carbonyl (C=O) groups is 1. The molecule has 1 N–H and O–H groups in total. The zero-order valence-electron chi connectivity index (χ0n) is 11.7. The van der Waals surface area contributed by atoms with Gasteiger partial charge in [0, 0.05) is 6.42 Å². The van der Waals surface area contributed by atoms with Gasteiger partial charge in [-0.1, -0.05) is 54.6 Å². The maximum Gasteiger partial charge on any atom is 0.374 e. The molecule has 0 aromatic heterocycles. The number of hydrogen-bond donors (Lipinski definition) is 1. The largest absolute Gasteiger partial charge is 0.477 e. The average Bonchev–Trinajstić information content (AvgIpc) is 2.52. The Kier molecular flexibility index (Phi) is 3.53. The first-order chi connectivity index (χ1) is 10.5. The van der Waals surface area contributed by atoms with E-state index < -0.39 is 18.3 Å². The summed E-state index contributed by atoms with van der Waals surface area (Å²) in [5, 5.41) is 12.5. The van der Waals surface area contributed by atoms with E-state index in [0.29, 0.717) is 0 Å². The zero-order valence-corrected chi connectivity index (χ0v) is 11.7. The minimum Gasteiger partial charge on any atom is -0.477 e. The Balaban J connectivity index is 2.10. The molecule has 0 heterocycles. The van der Waals surface area contributed by atoms with Crippen molar-refractivity contribution in [2.24, 2.45) is 0 Å². The van der Waals surface area contributed by atoms with E-state index in [4.69, 9.17) is 5.11 Å². The molecule has 22 heavy (non-hydrogen) atoms. The molecule has 0 aliphatic heterocycles. The number of carboxylic acids is 1. The first-order valence-electron chi connectivity index (χ1n) is 6.99. The lowest BCUT2D eigenvalue weighted by Crippen LogP contribution is -2.28. The molecular weight excluding hydrogens is 286 g/mol. The van der Waals surface area contributed by atoms with Gasteiger partial charge in [0.1, 0.15) is 0 Å². The molecule has 0 unspecified atom stereocenters. The number of alkyl halides is 2. The van der Waals surface area contributed by atoms with Crippen LogP contribution >= 0.6 is 0 Å². The number of hydrogen-bond acceptors (Lipinski definition) is 1. The van der Waals surface area contributed by atoms with E-state index >= 15 is 0 Å². The van der Waals surface area contributed by atoms with Gasteiger partial charge >= 0.3 is 11.9 Å². The summed E-state index contributed by atoms with van der Waals surface area (Å²) in [7, 11) is 0. The molecule has 3 aromatic rings. The number of fused-ring (bicyclic) bond motifs is 3. The highest BCUT2D eigenvalue weighted by atomic mass is 19.3. The van der Waals surface area contributed by atoms with Crippen molar-refractivity contribution in [3.8, 4) is 0 Å². The molecule has 3 rings (SSSR count). The maximum atomic E-state index is 13.3. The normalized spacial score (nSPS) is 11.9. The van der Waals surface area contributed by atoms with E-state index in [1.165, 1.54) is 0 Å². The van der Waals surface area contributed by atoms with Crippen molar-refractivity contribution in [2.45, 2.75) is 18.8 Å². The maximum absolute atomic E-state index is 13.3. The summed E-state index contributed by atoms with van der Waals surface area (Å²) in [6.07, 6.45) is -0.685. The van der Waals surface area contributed by atoms with E-state index in [0.717, 1.165) is 27.1 Å². The van der Waals surface area contributed by atoms with E-state index in [1.54, 1.807) is 0 Å². The van der Waals surface area contributed by atoms with Crippen LogP contribution in [-0.2, 0) is 11.2 Å². The fourth-order valence-electron chi connectivity index (χ4n) is 2.74. The number of carboxylic acid groups (broad SMARTS) is 1. The lowest BCUT2D eigenvalue weighted by atomic mass is 9.94. The average molecular weight is 300 g/mol. The molecule has 0 radical (unpaired) electrons. The highest BCUT2D eigenvalue weighted by molar-refractivity contribution is 6.08. The lowest BCUT2D eigenvalue weighted by Gasteiger charge is -2.14. The van der Waals surface area contributed by atoms with Crippen molar-refractivity contribution in [3.05, 3.63) is 60.2 Å². The number of aliphatic carboxylic acids is 1. The summed E-state index contributed by atoms with van der Waals surface area (Å²) >= 11 is 0. The van der Waals surface area contributed by atoms with E-state index in [1.807, 2.05) is 54.6 Å². The second kappa shape index (κ2) is 5.37. The third kappa shape index (κ3) is 2.52. The van der Waals surface area contributed by atoms with Crippen LogP contribution in [0.2, 0.25) is 0 Å². The highest BCUT2D eigenvalue weighted by Crippen LogP contribution is 2.31. The highest BCUT2D eigenvalue weighted by Gasteiger charge is 2.38. The van der Waals surface area contributed by atoms with E-state index in [-0.39, 0.29) is 6.42 Å². The first kappa shape index (κ1) is 14.4. The van der Waals surface area contributed by atoms with Crippen LogP contribution in [0, 0.1) is 0 Å². The van der Waals surface area contributed by atoms with E-state index in [2.05, 4.69) is 0 Å². The predicted octanol–water partition coefficient (Wildman–Crippen LogP) is 4.65. The van der Waals surface area contributed by atoms with Crippen LogP contribution in [0.4, 0.5) is 8.78 Å². The second-order valence-corrected chi connectivity index (χ2v) is 5.31. The summed E-state index contributed by atoms with van der Waals surface area (Å²) in [4.78, 5) is 10.6. The summed E-state index contributed by atoms with van der Waals surface area (Å²) in [6.45, 7) is 0. The molecule has 3 aromatic carbocycles. The van der Waals surface area contributed by atoms with Gasteiger partial charge in [-0.15, -0.1) is 0 Å². The Morgan fingerprint density at radius 1 is 0.955 bits per heavy atom. The van der Waals surface area contributed by atoms with Crippen LogP contribution in [0.3, 0.4) is 0 Å². The molecule has 0 amide bonds. The predicted molar refractivity (Wildman–Crippen MR) is 82.4 cm³/mol. The summed E-state index contributed by atoms with van der Waals surface area (Å²) in [5.41, 5.74) is 0.746. The second-order valence-electron chi connectivity index (χ2n) is 5.31. The SMILES string of the molecule is O=C(O)C(F)(F)CCc1cc2ccccc2c2ccccc12. The van der Waals surface area contributed by atoms with Crippen molar-refractivity contribution in [3.63, 3.8) is 0 Å². The molecule has 0 aliphatic rings. The third-order valence-electron chi connectivity index (χ3n) is 3.87. The third-order valence-corrected chi connectivity index (χ3v) is 3.87. The van der Waals surface area contributed by atoms with Crippen LogP contribution < -0.4 is 0 Å². The molecule has 0 saturated carbocycles. The van der Waals surface area contributed by atoms with Crippen LogP contribution in [0.15, 0.2) is 54.6 Å². The fraction of sp³-hybridized carbons (Fsp3) is 0.167. The van der Waals surface area contributed by atoms with Gasteiger partial charge in [0.25, 0.3) is 0 Å². The van der Waals surface area contributed by atoms with Crippen LogP contribution in [0.1, 0.15) is 12.0 Å². The Bertz CT molecular complexity index is 856. The van der Waals surface area contributed by atoms with Gasteiger partial charge in [-0.05, 0) is 33.5 Å². The van der Waals surface area contributed by atoms with Gasteiger partial charge in [0.2, 0.25) is 0 Å². The minimum absolute atomic E-state index is 0.0185. The monoisotopic (exact) mass is 300 g/mol. The quantitative estimate of drug-likeness (QED) is 0.712. The van der Waals surface area contributed by atoms with Gasteiger partial charge in [0.15, 0.2) is 0 Å². The molecule has 112 valence electrons. The first-order valence-corrected chi connectivity index (χ1v) is 6.99. The standard InChI is InChI=1S/C18H14F2O2/c19-18(20,17(21)22)10-9-13-11-12-5-1-2-6-14(12)16-8-4-3-7-15(13)16/h1-8,11H,9-10H2,(H,21,22). The van der Waals surface area contributed by atoms with Crippen molar-refractivity contribution >= 4 is 27.5 Å². The Morgan fingerprint density at radius 2 is 1.55 bits per heavy atom. The summed E-state index contributed by atoms with van der Waals surface area (Å²) < 4.78 is 26.7. The van der Waals surface area contributed by atoms with Gasteiger partial charge in [0.05, 0.1) is 0 Å². The van der Waals surface area contributed by atoms with Crippen LogP contribution in [0.25, 0.3) is 21.5 Å².